The maximum atomic E-state index is 11.1. The van der Waals surface area contributed by atoms with E-state index >= 15 is 0 Å². The van der Waals surface area contributed by atoms with E-state index in [1.165, 1.54) is 19.8 Å². The Labute approximate surface area is 173 Å². The van der Waals surface area contributed by atoms with E-state index in [9.17, 15) is 4.79 Å². The summed E-state index contributed by atoms with van der Waals surface area (Å²) in [4.78, 5) is 15.7. The van der Waals surface area contributed by atoms with Crippen molar-refractivity contribution < 1.29 is 9.53 Å². The molecular formula is C19H31IN4O2. The number of anilines is 1. The number of amides is 1. The first-order chi connectivity index (χ1) is 12.2. The van der Waals surface area contributed by atoms with Crippen LogP contribution in [0.25, 0.3) is 0 Å². The molecule has 0 heterocycles. The van der Waals surface area contributed by atoms with E-state index in [4.69, 9.17) is 4.74 Å². The first-order valence-corrected chi connectivity index (χ1v) is 9.14. The third-order valence-corrected chi connectivity index (χ3v) is 3.82. The van der Waals surface area contributed by atoms with Gasteiger partial charge in [0.15, 0.2) is 5.96 Å². The predicted molar refractivity (Wildman–Crippen MR) is 117 cm³/mol. The Bertz CT molecular complexity index is 576. The van der Waals surface area contributed by atoms with Gasteiger partial charge in [-0.1, -0.05) is 12.1 Å². The van der Waals surface area contributed by atoms with Gasteiger partial charge in [0.2, 0.25) is 5.91 Å². The van der Waals surface area contributed by atoms with E-state index in [1.54, 1.807) is 0 Å². The lowest BCUT2D eigenvalue weighted by Crippen LogP contribution is -2.38. The largest absolute Gasteiger partial charge is 0.381 e. The maximum Gasteiger partial charge on any atom is 0.221 e. The van der Waals surface area contributed by atoms with Crippen molar-refractivity contribution in [3.63, 3.8) is 0 Å². The summed E-state index contributed by atoms with van der Waals surface area (Å²) in [6, 6.07) is 7.75. The van der Waals surface area contributed by atoms with Crippen LogP contribution in [0, 0.1) is 5.92 Å². The Morgan fingerprint density at radius 3 is 2.81 bits per heavy atom. The van der Waals surface area contributed by atoms with Crippen LogP contribution in [0.3, 0.4) is 0 Å². The molecule has 0 unspecified atom stereocenters. The van der Waals surface area contributed by atoms with E-state index in [2.05, 4.69) is 20.9 Å². The molecule has 0 saturated heterocycles. The number of halogens is 1. The fourth-order valence-corrected chi connectivity index (χ4v) is 2.38. The summed E-state index contributed by atoms with van der Waals surface area (Å²) >= 11 is 0. The van der Waals surface area contributed by atoms with Gasteiger partial charge in [-0.2, -0.15) is 0 Å². The van der Waals surface area contributed by atoms with E-state index in [0.29, 0.717) is 6.54 Å². The number of benzene rings is 1. The van der Waals surface area contributed by atoms with Crippen molar-refractivity contribution in [2.75, 3.05) is 31.6 Å². The highest BCUT2D eigenvalue weighted by Crippen LogP contribution is 2.28. The number of carbonyl (C=O) groups excluding carboxylic acids is 1. The molecule has 26 heavy (non-hydrogen) atoms. The van der Waals surface area contributed by atoms with Crippen LogP contribution in [0.2, 0.25) is 0 Å². The van der Waals surface area contributed by atoms with E-state index in [0.717, 1.165) is 55.9 Å². The van der Waals surface area contributed by atoms with Crippen LogP contribution in [0.4, 0.5) is 5.69 Å². The first kappa shape index (κ1) is 22.7. The lowest BCUT2D eigenvalue weighted by Gasteiger charge is -2.11. The van der Waals surface area contributed by atoms with Crippen LogP contribution in [0.15, 0.2) is 29.3 Å². The zero-order valence-corrected chi connectivity index (χ0v) is 18.0. The molecule has 3 N–H and O–H groups in total. The predicted octanol–water partition coefficient (Wildman–Crippen LogP) is 3.13. The van der Waals surface area contributed by atoms with Crippen molar-refractivity contribution in [2.24, 2.45) is 10.9 Å². The lowest BCUT2D eigenvalue weighted by molar-refractivity contribution is -0.114. The second-order valence-corrected chi connectivity index (χ2v) is 6.38. The van der Waals surface area contributed by atoms with Gasteiger partial charge in [0.1, 0.15) is 0 Å². The van der Waals surface area contributed by atoms with E-state index < -0.39 is 0 Å². The summed E-state index contributed by atoms with van der Waals surface area (Å²) < 4.78 is 5.64. The molecule has 7 heteroatoms. The number of ether oxygens (including phenoxy) is 1. The van der Waals surface area contributed by atoms with Crippen LogP contribution in [0.1, 0.15) is 38.7 Å². The molecular weight excluding hydrogens is 443 g/mol. The second-order valence-electron chi connectivity index (χ2n) is 6.38. The zero-order valence-electron chi connectivity index (χ0n) is 15.7. The molecule has 1 saturated carbocycles. The molecule has 1 aromatic carbocycles. The molecule has 6 nitrogen and oxygen atoms in total. The van der Waals surface area contributed by atoms with Gasteiger partial charge in [-0.25, -0.2) is 4.99 Å². The Morgan fingerprint density at radius 1 is 1.31 bits per heavy atom. The number of nitrogens with one attached hydrogen (secondary N) is 3. The summed E-state index contributed by atoms with van der Waals surface area (Å²) in [5, 5.41) is 9.37. The van der Waals surface area contributed by atoms with Crippen molar-refractivity contribution in [2.45, 2.75) is 39.7 Å². The third-order valence-electron chi connectivity index (χ3n) is 3.82. The molecule has 0 aromatic heterocycles. The van der Waals surface area contributed by atoms with Crippen LogP contribution >= 0.6 is 24.0 Å². The quantitative estimate of drug-likeness (QED) is 0.211. The molecule has 146 valence electrons. The van der Waals surface area contributed by atoms with E-state index in [1.807, 2.05) is 31.2 Å². The molecule has 0 spiro atoms. The highest BCUT2D eigenvalue weighted by molar-refractivity contribution is 14.0. The number of carbonyl (C=O) groups is 1. The fraction of sp³-hybridized carbons (Fsp3) is 0.579. The Morgan fingerprint density at radius 2 is 2.12 bits per heavy atom. The van der Waals surface area contributed by atoms with Crippen molar-refractivity contribution in [1.82, 2.24) is 10.6 Å². The molecule has 0 aliphatic heterocycles. The highest BCUT2D eigenvalue weighted by atomic mass is 127. The molecule has 1 aromatic rings. The number of hydrogen-bond donors (Lipinski definition) is 3. The van der Waals surface area contributed by atoms with Gasteiger partial charge in [-0.05, 0) is 49.8 Å². The number of guanidine groups is 1. The summed E-state index contributed by atoms with van der Waals surface area (Å²) in [5.41, 5.74) is 1.85. The third kappa shape index (κ3) is 9.96. The number of hydrogen-bond acceptors (Lipinski definition) is 3. The van der Waals surface area contributed by atoms with Gasteiger partial charge < -0.3 is 20.7 Å². The van der Waals surface area contributed by atoms with Gasteiger partial charge >= 0.3 is 0 Å². The van der Waals surface area contributed by atoms with Crippen LogP contribution < -0.4 is 16.0 Å². The van der Waals surface area contributed by atoms with Gasteiger partial charge in [0, 0.05) is 38.9 Å². The second kappa shape index (κ2) is 12.9. The van der Waals surface area contributed by atoms with Gasteiger partial charge in [0.05, 0.1) is 6.54 Å². The number of rotatable bonds is 10. The average molecular weight is 474 g/mol. The summed E-state index contributed by atoms with van der Waals surface area (Å²) in [5.74, 6) is 1.55. The fourth-order valence-electron chi connectivity index (χ4n) is 2.38. The summed E-state index contributed by atoms with van der Waals surface area (Å²) in [7, 11) is 0. The van der Waals surface area contributed by atoms with Gasteiger partial charge in [-0.15, -0.1) is 24.0 Å². The van der Waals surface area contributed by atoms with Crippen molar-refractivity contribution in [3.8, 4) is 0 Å². The molecule has 0 radical (unpaired) electrons. The number of nitrogens with zero attached hydrogens (tertiary/aromatic N) is 1. The Kier molecular flexibility index (Phi) is 11.3. The van der Waals surface area contributed by atoms with Crippen molar-refractivity contribution in [3.05, 3.63) is 29.8 Å². The van der Waals surface area contributed by atoms with Crippen LogP contribution in [-0.2, 0) is 16.1 Å². The highest BCUT2D eigenvalue weighted by Gasteiger charge is 2.20. The standard InChI is InChI=1S/C19H30N4O2.HI/c1-3-20-19(21-10-5-11-25-14-16-8-9-16)22-13-17-6-4-7-18(12-17)23-15(2)24;/h4,6-7,12,16H,3,5,8-11,13-14H2,1-2H3,(H,23,24)(H2,20,21,22);1H. The summed E-state index contributed by atoms with van der Waals surface area (Å²) in [6.45, 7) is 7.47. The first-order valence-electron chi connectivity index (χ1n) is 9.14. The lowest BCUT2D eigenvalue weighted by atomic mass is 10.2. The minimum absolute atomic E-state index is 0. The topological polar surface area (TPSA) is 74.8 Å². The molecule has 1 aliphatic carbocycles. The molecule has 1 fully saturated rings. The van der Waals surface area contributed by atoms with E-state index in [-0.39, 0.29) is 29.9 Å². The van der Waals surface area contributed by atoms with Gasteiger partial charge in [-0.3, -0.25) is 4.79 Å². The normalized spacial score (nSPS) is 13.7. The molecule has 2 rings (SSSR count). The monoisotopic (exact) mass is 474 g/mol. The Hall–Kier alpha value is -1.35. The van der Waals surface area contributed by atoms with Crippen LogP contribution in [-0.4, -0.2) is 38.2 Å². The van der Waals surface area contributed by atoms with Crippen molar-refractivity contribution >= 4 is 41.5 Å². The SMILES string of the molecule is CCNC(=NCc1cccc(NC(C)=O)c1)NCCCOCC1CC1.I. The minimum Gasteiger partial charge on any atom is -0.381 e. The average Bonchev–Trinajstić information content (AvgIpc) is 3.39. The maximum absolute atomic E-state index is 11.1. The molecule has 0 atom stereocenters. The molecule has 0 bridgehead atoms. The smallest absolute Gasteiger partial charge is 0.221 e. The number of aliphatic imine (C=N–C) groups is 1. The molecule has 1 aliphatic rings. The van der Waals surface area contributed by atoms with Crippen molar-refractivity contribution in [1.29, 1.82) is 0 Å². The Balaban J connectivity index is 0.00000338. The van der Waals surface area contributed by atoms with Gasteiger partial charge in [0.25, 0.3) is 0 Å². The molecule has 1 amide bonds. The zero-order chi connectivity index (χ0) is 17.9. The minimum atomic E-state index is -0.0699. The van der Waals surface area contributed by atoms with Crippen LogP contribution in [0.5, 0.6) is 0 Å². The summed E-state index contributed by atoms with van der Waals surface area (Å²) in [6.07, 6.45) is 3.63.